The van der Waals surface area contributed by atoms with Crippen LogP contribution in [0.15, 0.2) is 0 Å². The van der Waals surface area contributed by atoms with Crippen molar-refractivity contribution in [1.82, 2.24) is 4.90 Å². The molecule has 188 valence electrons. The highest BCUT2D eigenvalue weighted by Gasteiger charge is 2.04. The second kappa shape index (κ2) is 28.0. The van der Waals surface area contributed by atoms with Gasteiger partial charge in [-0.25, -0.2) is 0 Å². The van der Waals surface area contributed by atoms with Gasteiger partial charge < -0.3 is 4.90 Å². The second-order valence-corrected chi connectivity index (χ2v) is 10.3. The molecule has 0 aromatic carbocycles. The van der Waals surface area contributed by atoms with E-state index in [0.29, 0.717) is 0 Å². The highest BCUT2D eigenvalue weighted by molar-refractivity contribution is 4.60. The van der Waals surface area contributed by atoms with Crippen LogP contribution in [-0.2, 0) is 0 Å². The normalized spacial score (nSPS) is 11.6. The lowest BCUT2D eigenvalue weighted by molar-refractivity contribution is 0.256. The van der Waals surface area contributed by atoms with E-state index in [9.17, 15) is 0 Å². The van der Waals surface area contributed by atoms with Crippen LogP contribution in [0.3, 0.4) is 0 Å². The second-order valence-electron chi connectivity index (χ2n) is 10.3. The molecule has 0 aromatic heterocycles. The molecule has 0 fully saturated rings. The predicted octanol–water partition coefficient (Wildman–Crippen LogP) is 10.7. The summed E-state index contributed by atoms with van der Waals surface area (Å²) in [6.07, 6.45) is 34.7. The van der Waals surface area contributed by atoms with Crippen molar-refractivity contribution >= 4 is 0 Å². The number of nitrogens with zero attached hydrogens (tertiary/aromatic N) is 1. The lowest BCUT2D eigenvalue weighted by Crippen LogP contribution is -2.27. The molecule has 0 aliphatic carbocycles. The number of hydrogen-bond donors (Lipinski definition) is 0. The first-order chi connectivity index (χ1) is 15.3. The lowest BCUT2D eigenvalue weighted by atomic mass is 10.0. The molecule has 0 saturated carbocycles. The maximum Gasteiger partial charge on any atom is -0.00187 e. The molecule has 0 bridgehead atoms. The topological polar surface area (TPSA) is 3.24 Å². The zero-order valence-electron chi connectivity index (χ0n) is 22.5. The summed E-state index contributed by atoms with van der Waals surface area (Å²) in [5.41, 5.74) is 0. The van der Waals surface area contributed by atoms with Crippen LogP contribution < -0.4 is 0 Å². The Labute approximate surface area is 199 Å². The average Bonchev–Trinajstić information content (AvgIpc) is 2.78. The molecule has 0 unspecified atom stereocenters. The van der Waals surface area contributed by atoms with Crippen molar-refractivity contribution in [1.29, 1.82) is 0 Å². The van der Waals surface area contributed by atoms with Gasteiger partial charge in [0.25, 0.3) is 0 Å². The van der Waals surface area contributed by atoms with Crippen molar-refractivity contribution in [3.8, 4) is 0 Å². The first-order valence-corrected chi connectivity index (χ1v) is 15.1. The van der Waals surface area contributed by atoms with E-state index < -0.39 is 0 Å². The van der Waals surface area contributed by atoms with Crippen LogP contribution in [0.25, 0.3) is 0 Å². The van der Waals surface area contributed by atoms with Crippen LogP contribution in [0.5, 0.6) is 0 Å². The molecule has 0 N–H and O–H groups in total. The molecule has 0 amide bonds. The quantitative estimate of drug-likeness (QED) is 0.115. The monoisotopic (exact) mass is 437 g/mol. The minimum atomic E-state index is 1.34. The first kappa shape index (κ1) is 31.0. The molecule has 0 radical (unpaired) electrons. The molecule has 0 rings (SSSR count). The van der Waals surface area contributed by atoms with E-state index in [2.05, 4.69) is 25.7 Å². The summed E-state index contributed by atoms with van der Waals surface area (Å²) in [6, 6.07) is 0. The Hall–Kier alpha value is -0.0400. The van der Waals surface area contributed by atoms with Gasteiger partial charge in [-0.3, -0.25) is 0 Å². The van der Waals surface area contributed by atoms with Crippen LogP contribution in [0, 0.1) is 0 Å². The van der Waals surface area contributed by atoms with Gasteiger partial charge in [0.05, 0.1) is 0 Å². The molecule has 0 aromatic rings. The lowest BCUT2D eigenvalue weighted by Gasteiger charge is -2.22. The van der Waals surface area contributed by atoms with E-state index in [1.807, 2.05) is 0 Å². The summed E-state index contributed by atoms with van der Waals surface area (Å²) in [5, 5.41) is 0. The van der Waals surface area contributed by atoms with Gasteiger partial charge in [0.2, 0.25) is 0 Å². The molecule has 0 spiro atoms. The maximum absolute atomic E-state index is 2.77. The minimum Gasteiger partial charge on any atom is -0.303 e. The Morgan fingerprint density at radius 2 is 0.484 bits per heavy atom. The first-order valence-electron chi connectivity index (χ1n) is 15.1. The minimum absolute atomic E-state index is 1.34. The van der Waals surface area contributed by atoms with Crippen LogP contribution in [0.4, 0.5) is 0 Å². The predicted molar refractivity (Wildman–Crippen MR) is 144 cm³/mol. The van der Waals surface area contributed by atoms with Crippen molar-refractivity contribution in [3.63, 3.8) is 0 Å². The van der Waals surface area contributed by atoms with E-state index in [1.54, 1.807) is 0 Å². The summed E-state index contributed by atoms with van der Waals surface area (Å²) >= 11 is 0. The van der Waals surface area contributed by atoms with E-state index in [1.165, 1.54) is 174 Å². The van der Waals surface area contributed by atoms with E-state index in [0.717, 1.165) is 0 Å². The third kappa shape index (κ3) is 26.1. The maximum atomic E-state index is 2.77. The van der Waals surface area contributed by atoms with Gasteiger partial charge in [0, 0.05) is 0 Å². The molecule has 0 aliphatic heterocycles. The Kier molecular flexibility index (Phi) is 28.0. The van der Waals surface area contributed by atoms with Gasteiger partial charge in [-0.15, -0.1) is 0 Å². The SMILES string of the molecule is CCCCCCCCCCCCCCCCCCN(CCCC)CCCCCCCC. The van der Waals surface area contributed by atoms with Gasteiger partial charge in [-0.05, 0) is 38.9 Å². The molecule has 0 saturated heterocycles. The molecule has 1 nitrogen and oxygen atoms in total. The van der Waals surface area contributed by atoms with Gasteiger partial charge >= 0.3 is 0 Å². The standard InChI is InChI=1S/C30H63N/c1-4-7-10-12-14-15-16-17-18-19-20-21-22-23-25-27-30-31(28-9-6-3)29-26-24-13-11-8-5-2/h4-30H2,1-3H3. The third-order valence-electron chi connectivity index (χ3n) is 6.98. The molecule has 0 aliphatic rings. The fraction of sp³-hybridized carbons (Fsp3) is 1.00. The van der Waals surface area contributed by atoms with Crippen LogP contribution in [0.1, 0.15) is 175 Å². The zero-order valence-corrected chi connectivity index (χ0v) is 22.5. The van der Waals surface area contributed by atoms with Crippen LogP contribution in [-0.4, -0.2) is 24.5 Å². The Morgan fingerprint density at radius 3 is 0.774 bits per heavy atom. The van der Waals surface area contributed by atoms with Crippen molar-refractivity contribution in [2.45, 2.75) is 175 Å². The van der Waals surface area contributed by atoms with Crippen molar-refractivity contribution in [2.24, 2.45) is 0 Å². The highest BCUT2D eigenvalue weighted by atomic mass is 15.1. The van der Waals surface area contributed by atoms with Crippen molar-refractivity contribution in [2.75, 3.05) is 19.6 Å². The molecule has 31 heavy (non-hydrogen) atoms. The van der Waals surface area contributed by atoms with E-state index in [4.69, 9.17) is 0 Å². The van der Waals surface area contributed by atoms with Gasteiger partial charge in [-0.2, -0.15) is 0 Å². The van der Waals surface area contributed by atoms with Gasteiger partial charge in [-0.1, -0.05) is 156 Å². The Bertz CT molecular complexity index is 301. The largest absolute Gasteiger partial charge is 0.303 e. The number of rotatable bonds is 27. The molecule has 0 atom stereocenters. The Morgan fingerprint density at radius 1 is 0.258 bits per heavy atom. The zero-order chi connectivity index (χ0) is 22.7. The fourth-order valence-electron chi connectivity index (χ4n) is 4.72. The van der Waals surface area contributed by atoms with Gasteiger partial charge in [0.1, 0.15) is 0 Å². The van der Waals surface area contributed by atoms with Crippen molar-refractivity contribution < 1.29 is 0 Å². The summed E-state index contributed by atoms with van der Waals surface area (Å²) in [4.78, 5) is 2.77. The van der Waals surface area contributed by atoms with Crippen LogP contribution in [0.2, 0.25) is 0 Å². The molecular formula is C30H63N. The third-order valence-corrected chi connectivity index (χ3v) is 6.98. The molecule has 0 heterocycles. The Balaban J connectivity index is 3.40. The number of unbranched alkanes of at least 4 members (excludes halogenated alkanes) is 21. The van der Waals surface area contributed by atoms with Gasteiger partial charge in [0.15, 0.2) is 0 Å². The highest BCUT2D eigenvalue weighted by Crippen LogP contribution is 2.14. The smallest absolute Gasteiger partial charge is 0.00187 e. The number of hydrogen-bond acceptors (Lipinski definition) is 1. The summed E-state index contributed by atoms with van der Waals surface area (Å²) < 4.78 is 0. The van der Waals surface area contributed by atoms with Crippen molar-refractivity contribution in [3.05, 3.63) is 0 Å². The summed E-state index contributed by atoms with van der Waals surface area (Å²) in [7, 11) is 0. The van der Waals surface area contributed by atoms with E-state index >= 15 is 0 Å². The summed E-state index contributed by atoms with van der Waals surface area (Å²) in [5.74, 6) is 0. The molecular weight excluding hydrogens is 374 g/mol. The summed E-state index contributed by atoms with van der Waals surface area (Å²) in [6.45, 7) is 11.0. The average molecular weight is 438 g/mol. The van der Waals surface area contributed by atoms with Crippen LogP contribution >= 0.6 is 0 Å². The molecule has 1 heteroatoms. The van der Waals surface area contributed by atoms with E-state index in [-0.39, 0.29) is 0 Å². The fourth-order valence-corrected chi connectivity index (χ4v) is 4.72.